The molecule has 0 radical (unpaired) electrons. The molecule has 0 spiro atoms. The summed E-state index contributed by atoms with van der Waals surface area (Å²) in [6.45, 7) is 6.62. The van der Waals surface area contributed by atoms with Gasteiger partial charge in [0, 0.05) is 32.4 Å². The SMILES string of the molecule is COc1ccc(CNCc2ccc(N3CCOC(C)C3)nc2)cc1OCc1ccccc1. The number of benzene rings is 2. The molecule has 1 N–H and O–H groups in total. The van der Waals surface area contributed by atoms with Gasteiger partial charge in [0.2, 0.25) is 0 Å². The van der Waals surface area contributed by atoms with Gasteiger partial charge in [-0.15, -0.1) is 0 Å². The highest BCUT2D eigenvalue weighted by Crippen LogP contribution is 2.29. The smallest absolute Gasteiger partial charge is 0.161 e. The summed E-state index contributed by atoms with van der Waals surface area (Å²) in [5, 5.41) is 3.49. The molecule has 0 amide bonds. The number of hydrogen-bond donors (Lipinski definition) is 1. The van der Waals surface area contributed by atoms with E-state index in [1.54, 1.807) is 7.11 Å². The summed E-state index contributed by atoms with van der Waals surface area (Å²) in [5.74, 6) is 2.50. The molecule has 1 aliphatic heterocycles. The van der Waals surface area contributed by atoms with Crippen molar-refractivity contribution < 1.29 is 14.2 Å². The Labute approximate surface area is 190 Å². The third kappa shape index (κ3) is 5.99. The minimum atomic E-state index is 0.248. The Morgan fingerprint density at radius 3 is 2.56 bits per heavy atom. The number of rotatable bonds is 9. The summed E-state index contributed by atoms with van der Waals surface area (Å²) in [6, 6.07) is 20.4. The Hall–Kier alpha value is -3.09. The lowest BCUT2D eigenvalue weighted by atomic mass is 10.2. The lowest BCUT2D eigenvalue weighted by Gasteiger charge is -2.32. The molecule has 2 aromatic carbocycles. The highest BCUT2D eigenvalue weighted by atomic mass is 16.5. The molecule has 3 aromatic rings. The van der Waals surface area contributed by atoms with Gasteiger partial charge >= 0.3 is 0 Å². The molecule has 32 heavy (non-hydrogen) atoms. The second-order valence-electron chi connectivity index (χ2n) is 8.02. The molecule has 0 saturated carbocycles. The van der Waals surface area contributed by atoms with Crippen molar-refractivity contribution in [1.29, 1.82) is 0 Å². The van der Waals surface area contributed by atoms with Gasteiger partial charge in [-0.2, -0.15) is 0 Å². The van der Waals surface area contributed by atoms with Crippen molar-refractivity contribution in [1.82, 2.24) is 10.3 Å². The molecule has 6 nitrogen and oxygen atoms in total. The average molecular weight is 434 g/mol. The van der Waals surface area contributed by atoms with Gasteiger partial charge in [0.05, 0.1) is 19.8 Å². The van der Waals surface area contributed by atoms with Crippen LogP contribution in [0.5, 0.6) is 11.5 Å². The molecule has 6 heteroatoms. The molecular formula is C26H31N3O3. The molecule has 1 aromatic heterocycles. The van der Waals surface area contributed by atoms with Crippen LogP contribution in [-0.2, 0) is 24.4 Å². The monoisotopic (exact) mass is 433 g/mol. The molecule has 0 aliphatic carbocycles. The lowest BCUT2D eigenvalue weighted by molar-refractivity contribution is 0.0529. The molecule has 168 valence electrons. The Bertz CT molecular complexity index is 979. The number of ether oxygens (including phenoxy) is 3. The van der Waals surface area contributed by atoms with Gasteiger partial charge in [-0.25, -0.2) is 4.98 Å². The number of nitrogens with zero attached hydrogens (tertiary/aromatic N) is 2. The number of pyridine rings is 1. The Morgan fingerprint density at radius 1 is 1.00 bits per heavy atom. The summed E-state index contributed by atoms with van der Waals surface area (Å²) < 4.78 is 17.1. The fourth-order valence-electron chi connectivity index (χ4n) is 3.77. The van der Waals surface area contributed by atoms with E-state index in [0.29, 0.717) is 6.61 Å². The fourth-order valence-corrected chi connectivity index (χ4v) is 3.77. The molecule has 2 heterocycles. The number of hydrogen-bond acceptors (Lipinski definition) is 6. The van der Waals surface area contributed by atoms with Crippen LogP contribution in [0.25, 0.3) is 0 Å². The predicted molar refractivity (Wildman–Crippen MR) is 126 cm³/mol. The highest BCUT2D eigenvalue weighted by Gasteiger charge is 2.17. The topological polar surface area (TPSA) is 55.9 Å². The minimum Gasteiger partial charge on any atom is -0.493 e. The van der Waals surface area contributed by atoms with E-state index in [0.717, 1.165) is 66.8 Å². The van der Waals surface area contributed by atoms with Crippen LogP contribution in [0.2, 0.25) is 0 Å². The van der Waals surface area contributed by atoms with Crippen LogP contribution in [0.3, 0.4) is 0 Å². The third-order valence-corrected chi connectivity index (χ3v) is 5.50. The normalized spacial score (nSPS) is 16.1. The molecule has 1 saturated heterocycles. The van der Waals surface area contributed by atoms with Gasteiger partial charge in [0.15, 0.2) is 11.5 Å². The number of methoxy groups -OCH3 is 1. The summed E-state index contributed by atoms with van der Waals surface area (Å²) >= 11 is 0. The Kier molecular flexibility index (Phi) is 7.59. The first-order valence-electron chi connectivity index (χ1n) is 11.1. The van der Waals surface area contributed by atoms with Gasteiger partial charge in [-0.05, 0) is 41.8 Å². The van der Waals surface area contributed by atoms with Gasteiger partial charge in [-0.1, -0.05) is 42.5 Å². The quantitative estimate of drug-likeness (QED) is 0.546. The van der Waals surface area contributed by atoms with E-state index in [-0.39, 0.29) is 6.10 Å². The van der Waals surface area contributed by atoms with Crippen molar-refractivity contribution in [2.24, 2.45) is 0 Å². The zero-order valence-corrected chi connectivity index (χ0v) is 18.8. The maximum absolute atomic E-state index is 6.02. The van der Waals surface area contributed by atoms with Crippen LogP contribution in [0.4, 0.5) is 5.82 Å². The van der Waals surface area contributed by atoms with E-state index in [1.165, 1.54) is 0 Å². The molecule has 0 bridgehead atoms. The Morgan fingerprint density at radius 2 is 1.81 bits per heavy atom. The van der Waals surface area contributed by atoms with E-state index in [1.807, 2.05) is 36.5 Å². The van der Waals surface area contributed by atoms with Gasteiger partial charge < -0.3 is 24.4 Å². The third-order valence-electron chi connectivity index (χ3n) is 5.50. The number of anilines is 1. The van der Waals surface area contributed by atoms with Crippen LogP contribution in [0.1, 0.15) is 23.6 Å². The van der Waals surface area contributed by atoms with Gasteiger partial charge in [-0.3, -0.25) is 0 Å². The fraction of sp³-hybridized carbons (Fsp3) is 0.346. The Balaban J connectivity index is 1.30. The summed E-state index contributed by atoms with van der Waals surface area (Å²) in [7, 11) is 1.66. The maximum Gasteiger partial charge on any atom is 0.161 e. The van der Waals surface area contributed by atoms with Crippen molar-refractivity contribution in [3.8, 4) is 11.5 Å². The minimum absolute atomic E-state index is 0.248. The van der Waals surface area contributed by atoms with Crippen molar-refractivity contribution >= 4 is 5.82 Å². The summed E-state index contributed by atoms with van der Waals surface area (Å²) in [6.07, 6.45) is 2.20. The van der Waals surface area contributed by atoms with Crippen LogP contribution in [0.15, 0.2) is 66.9 Å². The van der Waals surface area contributed by atoms with E-state index in [9.17, 15) is 0 Å². The van der Waals surface area contributed by atoms with Crippen LogP contribution < -0.4 is 19.7 Å². The largest absolute Gasteiger partial charge is 0.493 e. The van der Waals surface area contributed by atoms with Crippen LogP contribution in [-0.4, -0.2) is 37.9 Å². The predicted octanol–water partition coefficient (Wildman–Crippen LogP) is 4.18. The summed E-state index contributed by atoms with van der Waals surface area (Å²) in [4.78, 5) is 6.92. The van der Waals surface area contributed by atoms with E-state index >= 15 is 0 Å². The summed E-state index contributed by atoms with van der Waals surface area (Å²) in [5.41, 5.74) is 3.42. The molecule has 4 rings (SSSR count). The molecule has 1 unspecified atom stereocenters. The lowest BCUT2D eigenvalue weighted by Crippen LogP contribution is -2.41. The van der Waals surface area contributed by atoms with Crippen molar-refractivity contribution in [3.63, 3.8) is 0 Å². The first kappa shape index (κ1) is 22.1. The second-order valence-corrected chi connectivity index (χ2v) is 8.02. The van der Waals surface area contributed by atoms with Gasteiger partial charge in [0.1, 0.15) is 12.4 Å². The van der Waals surface area contributed by atoms with Crippen molar-refractivity contribution in [3.05, 3.63) is 83.6 Å². The second kappa shape index (κ2) is 11.0. The zero-order valence-electron chi connectivity index (χ0n) is 18.8. The highest BCUT2D eigenvalue weighted by molar-refractivity contribution is 5.43. The number of nitrogens with one attached hydrogen (secondary N) is 1. The van der Waals surface area contributed by atoms with E-state index < -0.39 is 0 Å². The van der Waals surface area contributed by atoms with Crippen LogP contribution in [0, 0.1) is 0 Å². The first-order valence-corrected chi connectivity index (χ1v) is 11.1. The zero-order chi connectivity index (χ0) is 22.2. The average Bonchev–Trinajstić information content (AvgIpc) is 2.84. The maximum atomic E-state index is 6.02. The van der Waals surface area contributed by atoms with Crippen molar-refractivity contribution in [2.75, 3.05) is 31.7 Å². The van der Waals surface area contributed by atoms with Crippen molar-refractivity contribution in [2.45, 2.75) is 32.7 Å². The van der Waals surface area contributed by atoms with Crippen LogP contribution >= 0.6 is 0 Å². The number of aromatic nitrogens is 1. The standard InChI is InChI=1S/C26H31N3O3/c1-20-18-29(12-13-31-20)26-11-9-23(17-28-26)16-27-15-22-8-10-24(30-2)25(14-22)32-19-21-6-4-3-5-7-21/h3-11,14,17,20,27H,12-13,15-16,18-19H2,1-2H3. The van der Waals surface area contributed by atoms with E-state index in [4.69, 9.17) is 14.2 Å². The molecule has 1 atom stereocenters. The molecular weight excluding hydrogens is 402 g/mol. The molecule has 1 aliphatic rings. The van der Waals surface area contributed by atoms with E-state index in [2.05, 4.69) is 52.5 Å². The molecule has 1 fully saturated rings. The van der Waals surface area contributed by atoms with Gasteiger partial charge in [0.25, 0.3) is 0 Å². The first-order chi connectivity index (χ1) is 15.7. The number of morpholine rings is 1.